The van der Waals surface area contributed by atoms with Gasteiger partial charge in [-0.3, -0.25) is 0 Å². The molecule has 0 fully saturated rings. The summed E-state index contributed by atoms with van der Waals surface area (Å²) in [7, 11) is 0. The van der Waals surface area contributed by atoms with Gasteiger partial charge in [0.25, 0.3) is 0 Å². The standard InChI is InChI=1S/C5H8O.C4H4O4/c1-3-5-6-4-2;5-3(6)1-2-4(7)8/h3-4H,1-2,5H2;1-2H,(H,5,6)(H,7,8). The van der Waals surface area contributed by atoms with Crippen LogP contribution >= 0.6 is 0 Å². The monoisotopic (exact) mass is 200 g/mol. The molecule has 5 heteroatoms. The molecule has 0 saturated carbocycles. The second-order valence-electron chi connectivity index (χ2n) is 1.80. The summed E-state index contributed by atoms with van der Waals surface area (Å²) in [6.07, 6.45) is 4.17. The Bertz CT molecular complexity index is 205. The minimum absolute atomic E-state index is 0.558. The Morgan fingerprint density at radius 3 is 1.71 bits per heavy atom. The molecule has 0 aromatic rings. The van der Waals surface area contributed by atoms with Crippen LogP contribution in [-0.4, -0.2) is 28.8 Å². The topological polar surface area (TPSA) is 83.8 Å². The summed E-state index contributed by atoms with van der Waals surface area (Å²) in [5.74, 6) is -2.51. The van der Waals surface area contributed by atoms with Gasteiger partial charge in [0.15, 0.2) is 0 Å². The van der Waals surface area contributed by atoms with Crippen LogP contribution in [0.25, 0.3) is 0 Å². The van der Waals surface area contributed by atoms with Crippen LogP contribution in [-0.2, 0) is 14.3 Å². The molecule has 14 heavy (non-hydrogen) atoms. The van der Waals surface area contributed by atoms with E-state index < -0.39 is 11.9 Å². The van der Waals surface area contributed by atoms with Crippen molar-refractivity contribution in [3.05, 3.63) is 37.6 Å². The van der Waals surface area contributed by atoms with Crippen molar-refractivity contribution in [2.24, 2.45) is 0 Å². The van der Waals surface area contributed by atoms with E-state index in [4.69, 9.17) is 10.2 Å². The smallest absolute Gasteiger partial charge is 0.328 e. The lowest BCUT2D eigenvalue weighted by Crippen LogP contribution is -1.91. The third-order valence-electron chi connectivity index (χ3n) is 0.700. The molecule has 0 aliphatic rings. The highest BCUT2D eigenvalue weighted by Crippen LogP contribution is 1.70. The van der Waals surface area contributed by atoms with Crippen LogP contribution in [0.2, 0.25) is 0 Å². The van der Waals surface area contributed by atoms with E-state index in [-0.39, 0.29) is 0 Å². The Morgan fingerprint density at radius 1 is 1.14 bits per heavy atom. The van der Waals surface area contributed by atoms with Gasteiger partial charge in [-0.2, -0.15) is 0 Å². The van der Waals surface area contributed by atoms with Gasteiger partial charge in [-0.05, 0) is 0 Å². The zero-order valence-corrected chi connectivity index (χ0v) is 7.55. The zero-order chi connectivity index (χ0) is 11.4. The molecule has 0 bridgehead atoms. The third kappa shape index (κ3) is 22.5. The average Bonchev–Trinajstić information content (AvgIpc) is 2.12. The summed E-state index contributed by atoms with van der Waals surface area (Å²) in [5.41, 5.74) is 0. The third-order valence-corrected chi connectivity index (χ3v) is 0.700. The van der Waals surface area contributed by atoms with E-state index in [1.165, 1.54) is 6.26 Å². The zero-order valence-electron chi connectivity index (χ0n) is 7.55. The first-order valence-electron chi connectivity index (χ1n) is 3.52. The van der Waals surface area contributed by atoms with Crippen molar-refractivity contribution in [2.45, 2.75) is 0 Å². The predicted molar refractivity (Wildman–Crippen MR) is 50.8 cm³/mol. The lowest BCUT2D eigenvalue weighted by atomic mass is 10.5. The molecule has 0 amide bonds. The van der Waals surface area contributed by atoms with Crippen molar-refractivity contribution in [1.29, 1.82) is 0 Å². The minimum atomic E-state index is -1.26. The van der Waals surface area contributed by atoms with E-state index in [1.807, 2.05) is 0 Å². The molecule has 0 saturated heterocycles. The Balaban J connectivity index is 0. The normalized spacial score (nSPS) is 8.29. The van der Waals surface area contributed by atoms with Crippen LogP contribution in [0.4, 0.5) is 0 Å². The predicted octanol–water partition coefficient (Wildman–Crippen LogP) is 1.04. The van der Waals surface area contributed by atoms with Gasteiger partial charge < -0.3 is 14.9 Å². The second kappa shape index (κ2) is 11.0. The number of carbonyl (C=O) groups is 2. The highest BCUT2D eigenvalue weighted by atomic mass is 16.5. The highest BCUT2D eigenvalue weighted by molar-refractivity contribution is 5.89. The van der Waals surface area contributed by atoms with Gasteiger partial charge in [-0.25, -0.2) is 9.59 Å². The number of hydrogen-bond donors (Lipinski definition) is 2. The molecule has 0 spiro atoms. The summed E-state index contributed by atoms with van der Waals surface area (Å²) >= 11 is 0. The van der Waals surface area contributed by atoms with Crippen LogP contribution in [0.5, 0.6) is 0 Å². The van der Waals surface area contributed by atoms with Gasteiger partial charge in [0.1, 0.15) is 6.61 Å². The maximum Gasteiger partial charge on any atom is 0.328 e. The number of carboxylic acids is 2. The van der Waals surface area contributed by atoms with Crippen LogP contribution < -0.4 is 0 Å². The summed E-state index contributed by atoms with van der Waals surface area (Å²) < 4.78 is 4.63. The summed E-state index contributed by atoms with van der Waals surface area (Å²) in [4.78, 5) is 19.1. The van der Waals surface area contributed by atoms with Crippen LogP contribution in [0.3, 0.4) is 0 Å². The van der Waals surface area contributed by atoms with Gasteiger partial charge in [-0.1, -0.05) is 19.2 Å². The molecule has 5 nitrogen and oxygen atoms in total. The molecule has 0 rings (SSSR count). The molecule has 78 valence electrons. The first kappa shape index (κ1) is 14.5. The largest absolute Gasteiger partial charge is 0.498 e. The Morgan fingerprint density at radius 2 is 1.57 bits per heavy atom. The fourth-order valence-corrected chi connectivity index (χ4v) is 0.279. The molecule has 0 aromatic carbocycles. The van der Waals surface area contributed by atoms with Gasteiger partial charge in [0.2, 0.25) is 0 Å². The van der Waals surface area contributed by atoms with Crippen molar-refractivity contribution in [2.75, 3.05) is 6.61 Å². The van der Waals surface area contributed by atoms with Gasteiger partial charge in [0.05, 0.1) is 6.26 Å². The average molecular weight is 200 g/mol. The molecule has 0 unspecified atom stereocenters. The summed E-state index contributed by atoms with van der Waals surface area (Å²) in [6, 6.07) is 0. The molecule has 0 atom stereocenters. The first-order chi connectivity index (χ1) is 6.54. The molecule has 2 N–H and O–H groups in total. The number of carboxylic acid groups (broad SMARTS) is 2. The minimum Gasteiger partial charge on any atom is -0.498 e. The summed E-state index contributed by atoms with van der Waals surface area (Å²) in [6.45, 7) is 7.31. The Labute approximate surface area is 81.6 Å². The molecular formula is C9H12O5. The quantitative estimate of drug-likeness (QED) is 0.300. The molecule has 0 heterocycles. The maximum absolute atomic E-state index is 9.55. The number of aliphatic carboxylic acids is 2. The van der Waals surface area contributed by atoms with Gasteiger partial charge in [0, 0.05) is 12.2 Å². The Kier molecular flexibility index (Phi) is 11.3. The van der Waals surface area contributed by atoms with Crippen LogP contribution in [0, 0.1) is 0 Å². The van der Waals surface area contributed by atoms with Crippen molar-refractivity contribution in [3.63, 3.8) is 0 Å². The molecule has 0 aliphatic carbocycles. The van der Waals surface area contributed by atoms with E-state index in [1.54, 1.807) is 6.08 Å². The summed E-state index contributed by atoms with van der Waals surface area (Å²) in [5, 5.41) is 15.6. The van der Waals surface area contributed by atoms with Crippen LogP contribution in [0.1, 0.15) is 0 Å². The SMILES string of the molecule is C=CCOC=C.O=C(O)C=CC(=O)O. The van der Waals surface area contributed by atoms with Gasteiger partial charge in [-0.15, -0.1) is 0 Å². The van der Waals surface area contributed by atoms with Gasteiger partial charge >= 0.3 is 11.9 Å². The Hall–Kier alpha value is -2.04. The fraction of sp³-hybridized carbons (Fsp3) is 0.111. The first-order valence-corrected chi connectivity index (χ1v) is 3.52. The van der Waals surface area contributed by atoms with E-state index in [9.17, 15) is 9.59 Å². The van der Waals surface area contributed by atoms with Crippen molar-refractivity contribution in [1.82, 2.24) is 0 Å². The maximum atomic E-state index is 9.55. The van der Waals surface area contributed by atoms with Crippen molar-refractivity contribution >= 4 is 11.9 Å². The lowest BCUT2D eigenvalue weighted by Gasteiger charge is -1.86. The second-order valence-corrected chi connectivity index (χ2v) is 1.80. The molecular weight excluding hydrogens is 188 g/mol. The number of ether oxygens (including phenoxy) is 1. The van der Waals surface area contributed by atoms with E-state index in [2.05, 4.69) is 17.9 Å². The fourth-order valence-electron chi connectivity index (χ4n) is 0.279. The molecule has 0 radical (unpaired) electrons. The lowest BCUT2D eigenvalue weighted by molar-refractivity contribution is -0.134. The highest BCUT2D eigenvalue weighted by Gasteiger charge is 1.88. The van der Waals surface area contributed by atoms with E-state index in [0.29, 0.717) is 18.8 Å². The molecule has 0 aromatic heterocycles. The van der Waals surface area contributed by atoms with Crippen molar-refractivity contribution in [3.8, 4) is 0 Å². The number of hydrogen-bond acceptors (Lipinski definition) is 3. The van der Waals surface area contributed by atoms with E-state index >= 15 is 0 Å². The van der Waals surface area contributed by atoms with E-state index in [0.717, 1.165) is 0 Å². The number of rotatable bonds is 5. The molecule has 0 aliphatic heterocycles. The van der Waals surface area contributed by atoms with Crippen LogP contribution in [0.15, 0.2) is 37.6 Å². The van der Waals surface area contributed by atoms with Crippen molar-refractivity contribution < 1.29 is 24.5 Å².